The van der Waals surface area contributed by atoms with E-state index in [1.54, 1.807) is 14.2 Å². The normalized spacial score (nSPS) is 12.4. The molecule has 96 valence electrons. The summed E-state index contributed by atoms with van der Waals surface area (Å²) in [5, 5.41) is 3.90. The molecular weight excluding hydrogens is 234 g/mol. The number of nitrogens with zero attached hydrogens (tertiary/aromatic N) is 2. The van der Waals surface area contributed by atoms with Gasteiger partial charge in [0, 0.05) is 7.11 Å². The van der Waals surface area contributed by atoms with Crippen LogP contribution in [0.5, 0.6) is 5.75 Å². The molecule has 18 heavy (non-hydrogen) atoms. The molecule has 1 unspecified atom stereocenters. The number of methoxy groups -OCH3 is 2. The van der Waals surface area contributed by atoms with Crippen molar-refractivity contribution in [1.82, 2.24) is 10.1 Å². The number of hydrogen-bond acceptors (Lipinski definition) is 6. The summed E-state index contributed by atoms with van der Waals surface area (Å²) in [6.45, 7) is 0.327. The average molecular weight is 249 g/mol. The quantitative estimate of drug-likeness (QED) is 0.862. The van der Waals surface area contributed by atoms with Crippen molar-refractivity contribution in [2.75, 3.05) is 20.8 Å². The number of benzene rings is 1. The van der Waals surface area contributed by atoms with Crippen molar-refractivity contribution in [2.24, 2.45) is 5.73 Å². The third-order valence-electron chi connectivity index (χ3n) is 2.45. The minimum Gasteiger partial charge on any atom is -0.496 e. The van der Waals surface area contributed by atoms with E-state index < -0.39 is 6.04 Å². The molecule has 0 fully saturated rings. The van der Waals surface area contributed by atoms with Crippen LogP contribution in [0.2, 0.25) is 0 Å². The summed E-state index contributed by atoms with van der Waals surface area (Å²) in [5.41, 5.74) is 6.58. The van der Waals surface area contributed by atoms with Gasteiger partial charge in [-0.3, -0.25) is 0 Å². The Labute approximate surface area is 105 Å². The minimum absolute atomic E-state index is 0.327. The van der Waals surface area contributed by atoms with Crippen LogP contribution < -0.4 is 10.5 Å². The zero-order chi connectivity index (χ0) is 13.0. The average Bonchev–Trinajstić information content (AvgIpc) is 2.88. The maximum atomic E-state index is 5.81. The zero-order valence-electron chi connectivity index (χ0n) is 10.3. The first-order chi connectivity index (χ1) is 8.76. The summed E-state index contributed by atoms with van der Waals surface area (Å²) in [7, 11) is 3.16. The number of para-hydroxylation sites is 1. The summed E-state index contributed by atoms with van der Waals surface area (Å²) in [6, 6.07) is 7.02. The monoisotopic (exact) mass is 249 g/mol. The van der Waals surface area contributed by atoms with Crippen molar-refractivity contribution in [2.45, 2.75) is 6.04 Å². The second-order valence-electron chi connectivity index (χ2n) is 3.72. The predicted molar refractivity (Wildman–Crippen MR) is 65.1 cm³/mol. The summed E-state index contributed by atoms with van der Waals surface area (Å²) >= 11 is 0. The van der Waals surface area contributed by atoms with Gasteiger partial charge >= 0.3 is 0 Å². The van der Waals surface area contributed by atoms with Crippen LogP contribution in [0.1, 0.15) is 11.9 Å². The highest BCUT2D eigenvalue weighted by atomic mass is 16.5. The van der Waals surface area contributed by atoms with Crippen molar-refractivity contribution < 1.29 is 14.0 Å². The van der Waals surface area contributed by atoms with Gasteiger partial charge in [-0.2, -0.15) is 4.98 Å². The molecule has 0 saturated heterocycles. The number of ether oxygens (including phenoxy) is 2. The smallest absolute Gasteiger partial charge is 0.246 e. The molecule has 0 radical (unpaired) electrons. The van der Waals surface area contributed by atoms with Gasteiger partial charge in [0.05, 0.1) is 19.3 Å². The molecule has 1 aromatic carbocycles. The Morgan fingerprint density at radius 1 is 1.33 bits per heavy atom. The van der Waals surface area contributed by atoms with Gasteiger partial charge in [-0.05, 0) is 12.1 Å². The first-order valence-electron chi connectivity index (χ1n) is 5.47. The van der Waals surface area contributed by atoms with Crippen LogP contribution in [0.4, 0.5) is 0 Å². The van der Waals surface area contributed by atoms with Crippen LogP contribution in [0.3, 0.4) is 0 Å². The molecule has 0 spiro atoms. The lowest BCUT2D eigenvalue weighted by atomic mass is 10.2. The predicted octanol–water partition coefficient (Wildman–Crippen LogP) is 1.39. The molecule has 0 aliphatic heterocycles. The van der Waals surface area contributed by atoms with Crippen molar-refractivity contribution in [1.29, 1.82) is 0 Å². The Hall–Kier alpha value is -1.92. The molecule has 0 bridgehead atoms. The van der Waals surface area contributed by atoms with E-state index in [1.165, 1.54) is 0 Å². The fourth-order valence-corrected chi connectivity index (χ4v) is 1.58. The molecule has 0 amide bonds. The molecule has 1 heterocycles. The molecule has 6 heteroatoms. The van der Waals surface area contributed by atoms with E-state index in [2.05, 4.69) is 10.1 Å². The highest BCUT2D eigenvalue weighted by Crippen LogP contribution is 2.27. The second-order valence-corrected chi connectivity index (χ2v) is 3.72. The van der Waals surface area contributed by atoms with Crippen molar-refractivity contribution in [3.63, 3.8) is 0 Å². The fourth-order valence-electron chi connectivity index (χ4n) is 1.58. The summed E-state index contributed by atoms with van der Waals surface area (Å²) in [5.74, 6) is 1.48. The maximum Gasteiger partial charge on any atom is 0.246 e. The van der Waals surface area contributed by atoms with E-state index in [0.29, 0.717) is 24.1 Å². The molecule has 0 aliphatic carbocycles. The Morgan fingerprint density at radius 2 is 2.11 bits per heavy atom. The molecule has 2 rings (SSSR count). The third kappa shape index (κ3) is 2.49. The topological polar surface area (TPSA) is 83.4 Å². The standard InChI is InChI=1S/C12H15N3O3/c1-16-7-9(13)12-14-11(15-18-12)8-5-3-4-6-10(8)17-2/h3-6,9H,7,13H2,1-2H3. The largest absolute Gasteiger partial charge is 0.496 e. The van der Waals surface area contributed by atoms with E-state index in [-0.39, 0.29) is 0 Å². The van der Waals surface area contributed by atoms with Gasteiger partial charge in [-0.25, -0.2) is 0 Å². The fraction of sp³-hybridized carbons (Fsp3) is 0.333. The lowest BCUT2D eigenvalue weighted by molar-refractivity contribution is 0.166. The molecule has 2 N–H and O–H groups in total. The number of aromatic nitrogens is 2. The Morgan fingerprint density at radius 3 is 2.83 bits per heavy atom. The number of nitrogens with two attached hydrogens (primary N) is 1. The van der Waals surface area contributed by atoms with Crippen molar-refractivity contribution in [3.8, 4) is 17.1 Å². The molecule has 6 nitrogen and oxygen atoms in total. The minimum atomic E-state index is -0.425. The van der Waals surface area contributed by atoms with E-state index in [0.717, 1.165) is 5.56 Å². The molecule has 2 aromatic rings. The first kappa shape index (κ1) is 12.5. The zero-order valence-corrected chi connectivity index (χ0v) is 10.3. The van der Waals surface area contributed by atoms with Crippen molar-refractivity contribution in [3.05, 3.63) is 30.2 Å². The maximum absolute atomic E-state index is 5.81. The lowest BCUT2D eigenvalue weighted by Crippen LogP contribution is -2.16. The Bertz CT molecular complexity index is 513. The molecule has 0 aliphatic rings. The van der Waals surface area contributed by atoms with Crippen LogP contribution in [-0.4, -0.2) is 31.0 Å². The van der Waals surface area contributed by atoms with Crippen LogP contribution in [0.25, 0.3) is 11.4 Å². The van der Waals surface area contributed by atoms with Crippen LogP contribution >= 0.6 is 0 Å². The van der Waals surface area contributed by atoms with E-state index in [1.807, 2.05) is 24.3 Å². The Kier molecular flexibility index (Phi) is 3.91. The van der Waals surface area contributed by atoms with E-state index >= 15 is 0 Å². The van der Waals surface area contributed by atoms with Crippen LogP contribution in [0, 0.1) is 0 Å². The second kappa shape index (κ2) is 5.61. The van der Waals surface area contributed by atoms with Gasteiger partial charge < -0.3 is 19.7 Å². The third-order valence-corrected chi connectivity index (χ3v) is 2.45. The van der Waals surface area contributed by atoms with Crippen LogP contribution in [0.15, 0.2) is 28.8 Å². The molecule has 0 saturated carbocycles. The first-order valence-corrected chi connectivity index (χ1v) is 5.47. The number of hydrogen-bond donors (Lipinski definition) is 1. The molecule has 1 atom stereocenters. The van der Waals surface area contributed by atoms with E-state index in [9.17, 15) is 0 Å². The number of rotatable bonds is 5. The van der Waals surface area contributed by atoms with E-state index in [4.69, 9.17) is 19.7 Å². The van der Waals surface area contributed by atoms with Crippen LogP contribution in [-0.2, 0) is 4.74 Å². The highest BCUT2D eigenvalue weighted by Gasteiger charge is 2.17. The van der Waals surface area contributed by atoms with Gasteiger partial charge in [0.2, 0.25) is 11.7 Å². The van der Waals surface area contributed by atoms with Gasteiger partial charge in [-0.15, -0.1) is 0 Å². The SMILES string of the molecule is COCC(N)c1nc(-c2ccccc2OC)no1. The van der Waals surface area contributed by atoms with Gasteiger partial charge in [0.15, 0.2) is 0 Å². The lowest BCUT2D eigenvalue weighted by Gasteiger charge is -2.04. The molecular formula is C12H15N3O3. The highest BCUT2D eigenvalue weighted by molar-refractivity contribution is 5.63. The Balaban J connectivity index is 2.29. The van der Waals surface area contributed by atoms with Gasteiger partial charge in [0.1, 0.15) is 11.8 Å². The van der Waals surface area contributed by atoms with Gasteiger partial charge in [0.25, 0.3) is 0 Å². The van der Waals surface area contributed by atoms with Crippen molar-refractivity contribution >= 4 is 0 Å². The summed E-state index contributed by atoms with van der Waals surface area (Å²) in [6.07, 6.45) is 0. The summed E-state index contributed by atoms with van der Waals surface area (Å²) in [4.78, 5) is 4.24. The summed E-state index contributed by atoms with van der Waals surface area (Å²) < 4.78 is 15.3. The van der Waals surface area contributed by atoms with Gasteiger partial charge in [-0.1, -0.05) is 17.3 Å². The molecule has 1 aromatic heterocycles.